The van der Waals surface area contributed by atoms with Gasteiger partial charge in [0.15, 0.2) is 0 Å². The third-order valence-electron chi connectivity index (χ3n) is 2.73. The number of benzene rings is 1. The van der Waals surface area contributed by atoms with Crippen LogP contribution >= 0.6 is 0 Å². The number of ether oxygens (including phenoxy) is 1. The van der Waals surface area contributed by atoms with Gasteiger partial charge in [0, 0.05) is 25.1 Å². The highest BCUT2D eigenvalue weighted by Gasteiger charge is 2.14. The van der Waals surface area contributed by atoms with Crippen molar-refractivity contribution in [3.8, 4) is 11.4 Å². The number of nitrogens with zero attached hydrogens (tertiary/aromatic N) is 2. The quantitative estimate of drug-likeness (QED) is 0.890. The Morgan fingerprint density at radius 3 is 3.00 bits per heavy atom. The Morgan fingerprint density at radius 1 is 1.47 bits per heavy atom. The molecular weight excluding hydrogens is 249 g/mol. The fourth-order valence-electron chi connectivity index (χ4n) is 1.78. The summed E-state index contributed by atoms with van der Waals surface area (Å²) in [6, 6.07) is 4.26. The van der Waals surface area contributed by atoms with E-state index in [0.29, 0.717) is 30.3 Å². The molecule has 0 saturated heterocycles. The molecule has 0 aliphatic carbocycles. The van der Waals surface area contributed by atoms with Crippen LogP contribution in [0.25, 0.3) is 11.4 Å². The number of aryl methyl sites for hydroxylation is 1. The van der Waals surface area contributed by atoms with Gasteiger partial charge in [0.2, 0.25) is 11.7 Å². The maximum Gasteiger partial charge on any atom is 0.228 e. The predicted molar refractivity (Wildman–Crippen MR) is 68.0 cm³/mol. The molecule has 102 valence electrons. The van der Waals surface area contributed by atoms with Gasteiger partial charge in [0.05, 0.1) is 6.61 Å². The van der Waals surface area contributed by atoms with E-state index in [1.165, 1.54) is 12.1 Å². The zero-order valence-electron chi connectivity index (χ0n) is 10.9. The van der Waals surface area contributed by atoms with E-state index >= 15 is 0 Å². The van der Waals surface area contributed by atoms with E-state index in [9.17, 15) is 4.39 Å². The number of halogens is 1. The topological polar surface area (TPSA) is 74.2 Å². The summed E-state index contributed by atoms with van der Waals surface area (Å²) in [5.41, 5.74) is 7.31. The molecule has 1 aromatic carbocycles. The van der Waals surface area contributed by atoms with Gasteiger partial charge in [-0.15, -0.1) is 0 Å². The van der Waals surface area contributed by atoms with Crippen molar-refractivity contribution in [3.63, 3.8) is 0 Å². The predicted octanol–water partition coefficient (Wildman–Crippen LogP) is 1.70. The van der Waals surface area contributed by atoms with Crippen LogP contribution in [0.3, 0.4) is 0 Å². The first-order valence-corrected chi connectivity index (χ1v) is 5.93. The highest BCUT2D eigenvalue weighted by atomic mass is 19.1. The van der Waals surface area contributed by atoms with E-state index in [-0.39, 0.29) is 11.9 Å². The van der Waals surface area contributed by atoms with Crippen molar-refractivity contribution in [2.45, 2.75) is 19.4 Å². The van der Waals surface area contributed by atoms with Gasteiger partial charge in [-0.25, -0.2) is 4.39 Å². The molecule has 6 heteroatoms. The van der Waals surface area contributed by atoms with Crippen LogP contribution in [0.5, 0.6) is 0 Å². The Kier molecular flexibility index (Phi) is 4.24. The lowest BCUT2D eigenvalue weighted by atomic mass is 10.1. The zero-order chi connectivity index (χ0) is 13.8. The molecule has 0 radical (unpaired) electrons. The van der Waals surface area contributed by atoms with Gasteiger partial charge in [-0.2, -0.15) is 4.98 Å². The molecule has 1 atom stereocenters. The summed E-state index contributed by atoms with van der Waals surface area (Å²) in [7, 11) is 1.58. The molecule has 0 spiro atoms. The van der Waals surface area contributed by atoms with Crippen molar-refractivity contribution in [3.05, 3.63) is 35.5 Å². The van der Waals surface area contributed by atoms with Gasteiger partial charge in [-0.3, -0.25) is 0 Å². The molecule has 2 aromatic rings. The SMILES string of the molecule is COCC(N)Cc1nc(-c2cc(F)ccc2C)no1. The number of nitrogens with two attached hydrogens (primary N) is 1. The summed E-state index contributed by atoms with van der Waals surface area (Å²) in [6.45, 7) is 2.28. The van der Waals surface area contributed by atoms with Crippen LogP contribution in [0.2, 0.25) is 0 Å². The Balaban J connectivity index is 2.18. The van der Waals surface area contributed by atoms with Crippen molar-refractivity contribution in [1.82, 2.24) is 10.1 Å². The number of hydrogen-bond acceptors (Lipinski definition) is 5. The summed E-state index contributed by atoms with van der Waals surface area (Å²) >= 11 is 0. The molecule has 0 bridgehead atoms. The maximum absolute atomic E-state index is 13.2. The van der Waals surface area contributed by atoms with Crippen LogP contribution < -0.4 is 5.73 Å². The highest BCUT2D eigenvalue weighted by molar-refractivity contribution is 5.59. The van der Waals surface area contributed by atoms with Crippen molar-refractivity contribution in [1.29, 1.82) is 0 Å². The molecule has 0 saturated carbocycles. The van der Waals surface area contributed by atoms with Gasteiger partial charge >= 0.3 is 0 Å². The molecule has 0 aliphatic rings. The first kappa shape index (κ1) is 13.6. The van der Waals surface area contributed by atoms with Crippen molar-refractivity contribution in [2.75, 3.05) is 13.7 Å². The van der Waals surface area contributed by atoms with Crippen LogP contribution in [0, 0.1) is 12.7 Å². The molecular formula is C13H16FN3O2. The van der Waals surface area contributed by atoms with Crippen molar-refractivity contribution >= 4 is 0 Å². The third kappa shape index (κ3) is 3.36. The molecule has 2 N–H and O–H groups in total. The zero-order valence-corrected chi connectivity index (χ0v) is 10.9. The average Bonchev–Trinajstić information content (AvgIpc) is 2.81. The molecule has 1 heterocycles. The number of aromatic nitrogens is 2. The molecule has 5 nitrogen and oxygen atoms in total. The summed E-state index contributed by atoms with van der Waals surface area (Å²) in [4.78, 5) is 4.22. The largest absolute Gasteiger partial charge is 0.383 e. The fraction of sp³-hybridized carbons (Fsp3) is 0.385. The molecule has 19 heavy (non-hydrogen) atoms. The summed E-state index contributed by atoms with van der Waals surface area (Å²) in [5.74, 6) is 0.461. The Bertz CT molecular complexity index is 557. The number of methoxy groups -OCH3 is 1. The summed E-state index contributed by atoms with van der Waals surface area (Å²) in [6.07, 6.45) is 0.426. The fourth-order valence-corrected chi connectivity index (χ4v) is 1.78. The van der Waals surface area contributed by atoms with Crippen molar-refractivity contribution < 1.29 is 13.7 Å². The average molecular weight is 265 g/mol. The molecule has 0 amide bonds. The smallest absolute Gasteiger partial charge is 0.228 e. The Morgan fingerprint density at radius 2 is 2.26 bits per heavy atom. The Hall–Kier alpha value is -1.79. The standard InChI is InChI=1S/C13H16FN3O2/c1-8-3-4-9(14)5-11(8)13-16-12(19-17-13)6-10(15)7-18-2/h3-5,10H,6-7,15H2,1-2H3. The first-order chi connectivity index (χ1) is 9.10. The van der Waals surface area contributed by atoms with Crippen LogP contribution in [-0.4, -0.2) is 29.9 Å². The van der Waals surface area contributed by atoms with E-state index < -0.39 is 0 Å². The van der Waals surface area contributed by atoms with Crippen LogP contribution in [0.4, 0.5) is 4.39 Å². The van der Waals surface area contributed by atoms with E-state index in [0.717, 1.165) is 5.56 Å². The summed E-state index contributed by atoms with van der Waals surface area (Å²) in [5, 5.41) is 3.85. The summed E-state index contributed by atoms with van der Waals surface area (Å²) < 4.78 is 23.3. The number of hydrogen-bond donors (Lipinski definition) is 1. The van der Waals surface area contributed by atoms with Crippen LogP contribution in [0.15, 0.2) is 22.7 Å². The van der Waals surface area contributed by atoms with Crippen LogP contribution in [-0.2, 0) is 11.2 Å². The molecule has 1 aromatic heterocycles. The molecule has 2 rings (SSSR count). The van der Waals surface area contributed by atoms with Gasteiger partial charge in [0.1, 0.15) is 5.82 Å². The first-order valence-electron chi connectivity index (χ1n) is 5.93. The normalized spacial score (nSPS) is 12.6. The monoisotopic (exact) mass is 265 g/mol. The lowest BCUT2D eigenvalue weighted by Crippen LogP contribution is -2.28. The van der Waals surface area contributed by atoms with E-state index in [2.05, 4.69) is 10.1 Å². The second-order valence-electron chi connectivity index (χ2n) is 4.39. The van der Waals surface area contributed by atoms with E-state index in [4.69, 9.17) is 15.0 Å². The molecule has 0 fully saturated rings. The van der Waals surface area contributed by atoms with Crippen LogP contribution in [0.1, 0.15) is 11.5 Å². The lowest BCUT2D eigenvalue weighted by molar-refractivity contribution is 0.176. The maximum atomic E-state index is 13.2. The number of rotatable bonds is 5. The van der Waals surface area contributed by atoms with Gasteiger partial charge in [-0.05, 0) is 24.6 Å². The van der Waals surface area contributed by atoms with Gasteiger partial charge in [0.25, 0.3) is 0 Å². The second kappa shape index (κ2) is 5.90. The lowest BCUT2D eigenvalue weighted by Gasteiger charge is -2.05. The Labute approximate surface area is 110 Å². The van der Waals surface area contributed by atoms with E-state index in [1.807, 2.05) is 6.92 Å². The molecule has 1 unspecified atom stereocenters. The van der Waals surface area contributed by atoms with Gasteiger partial charge in [-0.1, -0.05) is 11.2 Å². The minimum Gasteiger partial charge on any atom is -0.383 e. The van der Waals surface area contributed by atoms with E-state index in [1.54, 1.807) is 13.2 Å². The van der Waals surface area contributed by atoms with Gasteiger partial charge < -0.3 is 15.0 Å². The third-order valence-corrected chi connectivity index (χ3v) is 2.73. The minimum atomic E-state index is -0.331. The molecule has 0 aliphatic heterocycles. The highest BCUT2D eigenvalue weighted by Crippen LogP contribution is 2.21. The van der Waals surface area contributed by atoms with Crippen molar-refractivity contribution in [2.24, 2.45) is 5.73 Å². The second-order valence-corrected chi connectivity index (χ2v) is 4.39. The minimum absolute atomic E-state index is 0.202.